The maximum Gasteiger partial charge on any atom is 0.327 e. The Morgan fingerprint density at radius 1 is 0.708 bits per heavy atom. The van der Waals surface area contributed by atoms with Crippen molar-refractivity contribution in [2.24, 2.45) is 5.92 Å². The van der Waals surface area contributed by atoms with E-state index < -0.39 is 17.9 Å². The van der Waals surface area contributed by atoms with Crippen molar-refractivity contribution >= 4 is 17.9 Å². The first kappa shape index (κ1) is 29.5. The van der Waals surface area contributed by atoms with Crippen molar-refractivity contribution < 1.29 is 45.0 Å². The van der Waals surface area contributed by atoms with Gasteiger partial charge in [0.1, 0.15) is 0 Å². The number of hydrogen-bond acceptors (Lipinski definition) is 6. The van der Waals surface area contributed by atoms with Crippen LogP contribution in [0.4, 0.5) is 0 Å². The summed E-state index contributed by atoms with van der Waals surface area (Å²) in [7, 11) is 0. The molecule has 0 fully saturated rings. The highest BCUT2D eigenvalue weighted by Gasteiger charge is 2.03. The second-order valence-corrected chi connectivity index (χ2v) is 3.70. The summed E-state index contributed by atoms with van der Waals surface area (Å²) in [4.78, 5) is 27.8. The molecule has 0 rings (SSSR count). The molecule has 0 amide bonds. The minimum absolute atomic E-state index is 0.0567. The summed E-state index contributed by atoms with van der Waals surface area (Å²) in [6.07, 6.45) is 3.66. The molecular formula is C15H26O9. The van der Waals surface area contributed by atoms with Gasteiger partial charge >= 0.3 is 17.9 Å². The largest absolute Gasteiger partial charge is 0.478 e. The molecule has 0 bridgehead atoms. The minimum Gasteiger partial charge on any atom is -0.478 e. The summed E-state index contributed by atoms with van der Waals surface area (Å²) < 4.78 is 0. The van der Waals surface area contributed by atoms with E-state index in [4.69, 9.17) is 30.6 Å². The topological polar surface area (TPSA) is 173 Å². The zero-order valence-corrected chi connectivity index (χ0v) is 13.4. The normalized spacial score (nSPS) is 8.00. The van der Waals surface area contributed by atoms with Crippen LogP contribution in [0.15, 0.2) is 38.0 Å². The van der Waals surface area contributed by atoms with Crippen LogP contribution in [0.5, 0.6) is 0 Å². The lowest BCUT2D eigenvalue weighted by Gasteiger charge is -2.08. The highest BCUT2D eigenvalue weighted by Crippen LogP contribution is 2.04. The molecule has 0 aromatic heterocycles. The van der Waals surface area contributed by atoms with E-state index in [-0.39, 0.29) is 25.7 Å². The zero-order chi connectivity index (χ0) is 20.0. The number of aliphatic carboxylic acids is 3. The van der Waals surface area contributed by atoms with Crippen LogP contribution >= 0.6 is 0 Å². The minimum atomic E-state index is -0.981. The van der Waals surface area contributed by atoms with E-state index in [2.05, 4.69) is 19.7 Å². The standard InChI is InChI=1S/C6H14O3.3C3H4O2/c7-3-1-6(5-9)2-4-8;3*1-2-3(4)5/h6-9H,1-5H2;3*2H,1H2,(H,4,5). The molecule has 0 spiro atoms. The molecule has 9 nitrogen and oxygen atoms in total. The van der Waals surface area contributed by atoms with E-state index in [0.29, 0.717) is 12.8 Å². The van der Waals surface area contributed by atoms with E-state index in [9.17, 15) is 14.4 Å². The van der Waals surface area contributed by atoms with Gasteiger partial charge in [0.2, 0.25) is 0 Å². The monoisotopic (exact) mass is 350 g/mol. The van der Waals surface area contributed by atoms with Gasteiger partial charge < -0.3 is 30.6 Å². The predicted molar refractivity (Wildman–Crippen MR) is 87.5 cm³/mol. The summed E-state index contributed by atoms with van der Waals surface area (Å²) in [6.45, 7) is 9.12. The van der Waals surface area contributed by atoms with Gasteiger partial charge in [0.05, 0.1) is 0 Å². The summed E-state index contributed by atoms with van der Waals surface area (Å²) in [5.74, 6) is -2.87. The van der Waals surface area contributed by atoms with Gasteiger partial charge in [0.25, 0.3) is 0 Å². The fourth-order valence-corrected chi connectivity index (χ4v) is 0.692. The average molecular weight is 350 g/mol. The molecule has 0 aliphatic carbocycles. The van der Waals surface area contributed by atoms with Gasteiger partial charge in [-0.25, -0.2) is 14.4 Å². The fraction of sp³-hybridized carbons (Fsp3) is 0.400. The Morgan fingerprint density at radius 3 is 1.00 bits per heavy atom. The van der Waals surface area contributed by atoms with E-state index in [1.54, 1.807) is 0 Å². The van der Waals surface area contributed by atoms with Crippen LogP contribution in [0.25, 0.3) is 0 Å². The fourth-order valence-electron chi connectivity index (χ4n) is 0.692. The van der Waals surface area contributed by atoms with Crippen LogP contribution in [0.1, 0.15) is 12.8 Å². The van der Waals surface area contributed by atoms with Crippen LogP contribution < -0.4 is 0 Å². The third-order valence-electron chi connectivity index (χ3n) is 1.86. The number of rotatable bonds is 8. The van der Waals surface area contributed by atoms with Gasteiger partial charge in [-0.1, -0.05) is 19.7 Å². The lowest BCUT2D eigenvalue weighted by Crippen LogP contribution is -2.09. The summed E-state index contributed by atoms with van der Waals surface area (Å²) in [5.41, 5.74) is 0. The van der Waals surface area contributed by atoms with Gasteiger partial charge in [-0.3, -0.25) is 0 Å². The molecule has 0 atom stereocenters. The van der Waals surface area contributed by atoms with Crippen molar-refractivity contribution in [3.05, 3.63) is 38.0 Å². The van der Waals surface area contributed by atoms with Crippen LogP contribution in [0.2, 0.25) is 0 Å². The highest BCUT2D eigenvalue weighted by molar-refractivity contribution is 5.79. The average Bonchev–Trinajstić information content (AvgIpc) is 2.56. The number of aliphatic hydroxyl groups excluding tert-OH is 3. The second kappa shape index (κ2) is 25.5. The molecule has 0 saturated carbocycles. The molecular weight excluding hydrogens is 324 g/mol. The maximum absolute atomic E-state index is 9.25. The van der Waals surface area contributed by atoms with Crippen molar-refractivity contribution in [1.29, 1.82) is 0 Å². The Labute approximate surface area is 140 Å². The third-order valence-corrected chi connectivity index (χ3v) is 1.86. The molecule has 0 radical (unpaired) electrons. The number of aliphatic hydroxyl groups is 3. The van der Waals surface area contributed by atoms with Gasteiger partial charge in [0, 0.05) is 38.0 Å². The quantitative estimate of drug-likeness (QED) is 0.333. The maximum atomic E-state index is 9.25. The summed E-state index contributed by atoms with van der Waals surface area (Å²) in [6, 6.07) is 0. The van der Waals surface area contributed by atoms with Gasteiger partial charge in [0.15, 0.2) is 0 Å². The van der Waals surface area contributed by atoms with Crippen molar-refractivity contribution in [3.63, 3.8) is 0 Å². The van der Waals surface area contributed by atoms with Crippen LogP contribution in [0.3, 0.4) is 0 Å². The van der Waals surface area contributed by atoms with Gasteiger partial charge in [-0.2, -0.15) is 0 Å². The van der Waals surface area contributed by atoms with Crippen molar-refractivity contribution in [2.75, 3.05) is 19.8 Å². The van der Waals surface area contributed by atoms with Gasteiger partial charge in [-0.05, 0) is 18.8 Å². The van der Waals surface area contributed by atoms with E-state index in [1.165, 1.54) is 0 Å². The Hall–Kier alpha value is -2.49. The SMILES string of the molecule is C=CC(=O)O.C=CC(=O)O.C=CC(=O)O.OCCC(CO)CCO. The molecule has 0 aromatic rings. The summed E-state index contributed by atoms with van der Waals surface area (Å²) >= 11 is 0. The van der Waals surface area contributed by atoms with Crippen LogP contribution in [0, 0.1) is 5.92 Å². The molecule has 0 heterocycles. The highest BCUT2D eigenvalue weighted by atomic mass is 16.4. The first-order valence-corrected chi connectivity index (χ1v) is 6.55. The number of carboxylic acids is 3. The first-order chi connectivity index (χ1) is 11.2. The molecule has 0 saturated heterocycles. The predicted octanol–water partition coefficient (Wildman–Crippen LogP) is 0.131. The Bertz CT molecular complexity index is 315. The van der Waals surface area contributed by atoms with Gasteiger partial charge in [-0.15, -0.1) is 0 Å². The number of carboxylic acid groups (broad SMARTS) is 3. The first-order valence-electron chi connectivity index (χ1n) is 6.55. The Morgan fingerprint density at radius 2 is 0.917 bits per heavy atom. The van der Waals surface area contributed by atoms with E-state index in [1.807, 2.05) is 0 Å². The Kier molecular flexibility index (Phi) is 31.3. The molecule has 24 heavy (non-hydrogen) atoms. The molecule has 0 unspecified atom stereocenters. The molecule has 0 aliphatic heterocycles. The zero-order valence-electron chi connectivity index (χ0n) is 13.4. The smallest absolute Gasteiger partial charge is 0.327 e. The van der Waals surface area contributed by atoms with Crippen molar-refractivity contribution in [3.8, 4) is 0 Å². The van der Waals surface area contributed by atoms with Crippen LogP contribution in [-0.2, 0) is 14.4 Å². The molecule has 140 valence electrons. The van der Waals surface area contributed by atoms with E-state index in [0.717, 1.165) is 18.2 Å². The Balaban J connectivity index is -0.000000116. The third kappa shape index (κ3) is 50.5. The second-order valence-electron chi connectivity index (χ2n) is 3.70. The van der Waals surface area contributed by atoms with E-state index >= 15 is 0 Å². The summed E-state index contributed by atoms with van der Waals surface area (Å²) in [5, 5.41) is 48.2. The number of hydrogen-bond donors (Lipinski definition) is 6. The molecule has 0 aliphatic rings. The van der Waals surface area contributed by atoms with Crippen molar-refractivity contribution in [1.82, 2.24) is 0 Å². The van der Waals surface area contributed by atoms with Crippen LogP contribution in [-0.4, -0.2) is 68.4 Å². The molecule has 0 aromatic carbocycles. The number of carbonyl (C=O) groups is 3. The van der Waals surface area contributed by atoms with Crippen molar-refractivity contribution in [2.45, 2.75) is 12.8 Å². The molecule has 6 N–H and O–H groups in total. The molecule has 9 heteroatoms. The lowest BCUT2D eigenvalue weighted by atomic mass is 10.0. The lowest BCUT2D eigenvalue weighted by molar-refractivity contribution is -0.132.